The van der Waals surface area contributed by atoms with E-state index in [1.165, 1.54) is 7.11 Å². The summed E-state index contributed by atoms with van der Waals surface area (Å²) < 4.78 is 9.78. The first-order valence-electron chi connectivity index (χ1n) is 10.5. The molecule has 0 spiro atoms. The number of unbranched alkanes of at least 4 members (excludes halogenated alkanes) is 2. The number of methoxy groups -OCH3 is 1. The van der Waals surface area contributed by atoms with E-state index in [1.807, 2.05) is 0 Å². The molecule has 0 saturated carbocycles. The van der Waals surface area contributed by atoms with Gasteiger partial charge in [-0.15, -0.1) is 0 Å². The molecule has 0 saturated heterocycles. The van der Waals surface area contributed by atoms with Crippen molar-refractivity contribution in [2.75, 3.05) is 26.9 Å². The molecule has 0 bridgehead atoms. The molecule has 1 N–H and O–H groups in total. The number of nitrogens with one attached hydrogen (secondary N) is 1. The highest BCUT2D eigenvalue weighted by molar-refractivity contribution is 5.90. The Balaban J connectivity index is 4.33. The predicted octanol–water partition coefficient (Wildman–Crippen LogP) is 3.23. The third-order valence-electron chi connectivity index (χ3n) is 4.51. The van der Waals surface area contributed by atoms with Crippen LogP contribution in [0.1, 0.15) is 79.1 Å². The molecular formula is C22H39NO6. The second kappa shape index (κ2) is 15.1. The summed E-state index contributed by atoms with van der Waals surface area (Å²) in [6.45, 7) is 8.42. The van der Waals surface area contributed by atoms with Gasteiger partial charge in [0.05, 0.1) is 19.1 Å². The van der Waals surface area contributed by atoms with E-state index in [9.17, 15) is 19.2 Å². The fraction of sp³-hybridized carbons (Fsp3) is 0.818. The number of esters is 1. The van der Waals surface area contributed by atoms with Crippen molar-refractivity contribution in [2.24, 2.45) is 11.3 Å². The van der Waals surface area contributed by atoms with Gasteiger partial charge < -0.3 is 14.8 Å². The number of hydrogen-bond donors (Lipinski definition) is 1. The van der Waals surface area contributed by atoms with E-state index in [2.05, 4.69) is 30.8 Å². The number of ether oxygens (including phenoxy) is 2. The molecule has 0 fully saturated rings. The molecular weight excluding hydrogens is 374 g/mol. The zero-order valence-corrected chi connectivity index (χ0v) is 18.8. The third kappa shape index (κ3) is 15.8. The summed E-state index contributed by atoms with van der Waals surface area (Å²) in [5.41, 5.74) is 0.298. The van der Waals surface area contributed by atoms with Crippen molar-refractivity contribution in [3.05, 3.63) is 0 Å². The van der Waals surface area contributed by atoms with Gasteiger partial charge in [-0.1, -0.05) is 40.0 Å². The van der Waals surface area contributed by atoms with E-state index in [4.69, 9.17) is 4.74 Å². The van der Waals surface area contributed by atoms with E-state index in [0.717, 1.165) is 25.7 Å². The predicted molar refractivity (Wildman–Crippen MR) is 111 cm³/mol. The maximum Gasteiger partial charge on any atom is 0.309 e. The Labute approximate surface area is 175 Å². The smallest absolute Gasteiger partial charge is 0.309 e. The minimum atomic E-state index is -0.450. The summed E-state index contributed by atoms with van der Waals surface area (Å²) in [5, 5.41) is 2.43. The Morgan fingerprint density at radius 1 is 0.966 bits per heavy atom. The van der Waals surface area contributed by atoms with Gasteiger partial charge >= 0.3 is 5.97 Å². The Hall–Kier alpha value is -1.76. The van der Waals surface area contributed by atoms with Crippen LogP contribution in [0.15, 0.2) is 0 Å². The van der Waals surface area contributed by atoms with Crippen molar-refractivity contribution >= 4 is 23.4 Å². The molecule has 0 aromatic carbocycles. The molecule has 7 nitrogen and oxygen atoms in total. The molecule has 0 unspecified atom stereocenters. The first kappa shape index (κ1) is 27.2. The monoisotopic (exact) mass is 413 g/mol. The summed E-state index contributed by atoms with van der Waals surface area (Å²) in [5.74, 6) is -1.52. The Morgan fingerprint density at radius 2 is 1.62 bits per heavy atom. The van der Waals surface area contributed by atoms with Crippen LogP contribution >= 0.6 is 0 Å². The normalized spacial score (nSPS) is 12.3. The zero-order valence-electron chi connectivity index (χ0n) is 18.8. The summed E-state index contributed by atoms with van der Waals surface area (Å²) in [4.78, 5) is 47.5. The van der Waals surface area contributed by atoms with Gasteiger partial charge in [0, 0.05) is 26.4 Å². The molecule has 1 atom stereocenters. The lowest BCUT2D eigenvalue weighted by Gasteiger charge is -2.18. The first-order valence-corrected chi connectivity index (χ1v) is 10.5. The highest BCUT2D eigenvalue weighted by Crippen LogP contribution is 2.24. The van der Waals surface area contributed by atoms with Gasteiger partial charge in [-0.05, 0) is 25.2 Å². The van der Waals surface area contributed by atoms with Crippen LogP contribution in [0.5, 0.6) is 0 Å². The van der Waals surface area contributed by atoms with Gasteiger partial charge in [0.15, 0.2) is 5.78 Å². The minimum absolute atomic E-state index is 0.0488. The van der Waals surface area contributed by atoms with Gasteiger partial charge in [0.25, 0.3) is 0 Å². The summed E-state index contributed by atoms with van der Waals surface area (Å²) in [7, 11) is 1.39. The Kier molecular flexibility index (Phi) is 14.2. The largest absolute Gasteiger partial charge is 0.466 e. The molecule has 0 radical (unpaired) electrons. The number of rotatable bonds is 16. The maximum atomic E-state index is 12.3. The van der Waals surface area contributed by atoms with E-state index in [1.54, 1.807) is 6.92 Å². The van der Waals surface area contributed by atoms with Crippen LogP contribution in [0.25, 0.3) is 0 Å². The second-order valence-corrected chi connectivity index (χ2v) is 8.60. The van der Waals surface area contributed by atoms with Gasteiger partial charge in [-0.25, -0.2) is 0 Å². The molecule has 0 aliphatic carbocycles. The van der Waals surface area contributed by atoms with Crippen LogP contribution in [0.3, 0.4) is 0 Å². The number of carbonyl (C=O) groups is 4. The molecule has 0 aliphatic rings. The lowest BCUT2D eigenvalue weighted by atomic mass is 9.88. The molecule has 29 heavy (non-hydrogen) atoms. The topological polar surface area (TPSA) is 98.8 Å². The van der Waals surface area contributed by atoms with Crippen LogP contribution in [0, 0.1) is 11.3 Å². The molecule has 7 heteroatoms. The molecule has 0 rings (SSSR count). The van der Waals surface area contributed by atoms with Crippen LogP contribution in [-0.2, 0) is 28.7 Å². The zero-order chi connectivity index (χ0) is 22.3. The first-order chi connectivity index (χ1) is 13.6. The number of hydrogen-bond acceptors (Lipinski definition) is 6. The fourth-order valence-electron chi connectivity index (χ4n) is 2.91. The van der Waals surface area contributed by atoms with Crippen LogP contribution in [-0.4, -0.2) is 50.3 Å². The van der Waals surface area contributed by atoms with Crippen LogP contribution < -0.4 is 5.32 Å². The van der Waals surface area contributed by atoms with Gasteiger partial charge in [-0.3, -0.25) is 19.2 Å². The van der Waals surface area contributed by atoms with E-state index < -0.39 is 5.92 Å². The lowest BCUT2D eigenvalue weighted by molar-refractivity contribution is -0.150. The van der Waals surface area contributed by atoms with Crippen molar-refractivity contribution in [2.45, 2.75) is 79.1 Å². The molecule has 168 valence electrons. The van der Waals surface area contributed by atoms with Crippen molar-refractivity contribution in [3.63, 3.8) is 0 Å². The highest BCUT2D eigenvalue weighted by Gasteiger charge is 2.23. The van der Waals surface area contributed by atoms with Crippen molar-refractivity contribution in [3.8, 4) is 0 Å². The van der Waals surface area contributed by atoms with Gasteiger partial charge in [0.1, 0.15) is 12.4 Å². The van der Waals surface area contributed by atoms with Crippen molar-refractivity contribution in [1.29, 1.82) is 0 Å². The fourth-order valence-corrected chi connectivity index (χ4v) is 2.91. The van der Waals surface area contributed by atoms with Crippen molar-refractivity contribution < 1.29 is 28.7 Å². The lowest BCUT2D eigenvalue weighted by Crippen LogP contribution is -2.32. The SMILES string of the molecule is CCOC(=O)[C@H](CCCCCC(C)(C)C)CC(=O)CCC(=O)CNC(=O)COC. The average Bonchev–Trinajstić information content (AvgIpc) is 2.63. The minimum Gasteiger partial charge on any atom is -0.466 e. The molecule has 0 heterocycles. The van der Waals surface area contributed by atoms with Crippen molar-refractivity contribution in [1.82, 2.24) is 5.32 Å². The molecule has 0 aromatic rings. The third-order valence-corrected chi connectivity index (χ3v) is 4.51. The summed E-state index contributed by atoms with van der Waals surface area (Å²) >= 11 is 0. The number of ketones is 2. The molecule has 0 aromatic heterocycles. The van der Waals surface area contributed by atoms with Crippen LogP contribution in [0.2, 0.25) is 0 Å². The van der Waals surface area contributed by atoms with Gasteiger partial charge in [-0.2, -0.15) is 0 Å². The molecule has 0 aliphatic heterocycles. The average molecular weight is 414 g/mol. The van der Waals surface area contributed by atoms with Crippen LogP contribution in [0.4, 0.5) is 0 Å². The Bertz CT molecular complexity index is 524. The highest BCUT2D eigenvalue weighted by atomic mass is 16.5. The maximum absolute atomic E-state index is 12.3. The number of Topliss-reactive ketones (excluding diaryl/α,β-unsaturated/α-hetero) is 2. The number of carbonyl (C=O) groups excluding carboxylic acids is 4. The van der Waals surface area contributed by atoms with E-state index in [-0.39, 0.29) is 62.5 Å². The second-order valence-electron chi connectivity index (χ2n) is 8.60. The van der Waals surface area contributed by atoms with E-state index in [0.29, 0.717) is 11.8 Å². The number of amides is 1. The summed E-state index contributed by atoms with van der Waals surface area (Å²) in [6.07, 6.45) is 4.94. The molecule has 1 amide bonds. The quantitative estimate of drug-likeness (QED) is 0.308. The van der Waals surface area contributed by atoms with E-state index >= 15 is 0 Å². The van der Waals surface area contributed by atoms with Gasteiger partial charge in [0.2, 0.25) is 5.91 Å². The standard InChI is InChI=1S/C22H39NO6/c1-6-29-21(27)17(10-8-7-9-13-22(2,3)4)14-18(24)11-12-19(25)15-23-20(26)16-28-5/h17H,6-16H2,1-5H3,(H,23,26)/t17-/m1/s1. The Morgan fingerprint density at radius 3 is 2.21 bits per heavy atom. The summed E-state index contributed by atoms with van der Waals surface area (Å²) in [6, 6.07) is 0.